The monoisotopic (exact) mass is 395 g/mol. The second kappa shape index (κ2) is 7.53. The molecule has 1 aromatic heterocycles. The van der Waals surface area contributed by atoms with Crippen molar-refractivity contribution in [3.05, 3.63) is 70.8 Å². The summed E-state index contributed by atoms with van der Waals surface area (Å²) in [7, 11) is -2.21. The van der Waals surface area contributed by atoms with E-state index in [1.165, 1.54) is 31.3 Å². The van der Waals surface area contributed by atoms with E-state index in [0.29, 0.717) is 22.0 Å². The Bertz CT molecular complexity index is 1010. The molecule has 0 saturated carbocycles. The second-order valence-corrected chi connectivity index (χ2v) is 8.17. The first-order valence-corrected chi connectivity index (χ1v) is 9.59. The largest absolute Gasteiger partial charge is 0.338 e. The molecule has 0 fully saturated rings. The van der Waals surface area contributed by atoms with Gasteiger partial charge in [-0.25, -0.2) is 12.8 Å². The van der Waals surface area contributed by atoms with E-state index < -0.39 is 15.8 Å². The molecule has 26 heavy (non-hydrogen) atoms. The van der Waals surface area contributed by atoms with Crippen LogP contribution in [0.4, 0.5) is 4.39 Å². The Morgan fingerprint density at radius 2 is 1.92 bits per heavy atom. The topological polar surface area (TPSA) is 76.3 Å². The molecule has 0 aliphatic carbocycles. The van der Waals surface area contributed by atoms with Gasteiger partial charge < -0.3 is 4.52 Å². The summed E-state index contributed by atoms with van der Waals surface area (Å²) in [4.78, 5) is 4.20. The maximum Gasteiger partial charge on any atom is 0.242 e. The van der Waals surface area contributed by atoms with Crippen LogP contribution in [-0.2, 0) is 22.3 Å². The molecule has 0 unspecified atom stereocenters. The van der Waals surface area contributed by atoms with Crippen LogP contribution < -0.4 is 0 Å². The Morgan fingerprint density at radius 1 is 1.19 bits per heavy atom. The average molecular weight is 396 g/mol. The van der Waals surface area contributed by atoms with Crippen molar-refractivity contribution >= 4 is 21.6 Å². The second-order valence-electron chi connectivity index (χ2n) is 5.66. The van der Waals surface area contributed by atoms with Gasteiger partial charge in [-0.1, -0.05) is 41.0 Å². The van der Waals surface area contributed by atoms with E-state index >= 15 is 0 Å². The summed E-state index contributed by atoms with van der Waals surface area (Å²) < 4.78 is 44.1. The van der Waals surface area contributed by atoms with Crippen molar-refractivity contribution in [3.63, 3.8) is 0 Å². The maximum atomic E-state index is 12.9. The van der Waals surface area contributed by atoms with Crippen LogP contribution >= 0.6 is 11.6 Å². The minimum Gasteiger partial charge on any atom is -0.338 e. The van der Waals surface area contributed by atoms with Crippen molar-refractivity contribution in [2.24, 2.45) is 0 Å². The average Bonchev–Trinajstić information content (AvgIpc) is 3.05. The lowest BCUT2D eigenvalue weighted by molar-refractivity contribution is 0.336. The van der Waals surface area contributed by atoms with E-state index in [0.717, 1.165) is 4.31 Å². The Morgan fingerprint density at radius 3 is 2.62 bits per heavy atom. The molecule has 0 atom stereocenters. The fourth-order valence-corrected chi connectivity index (χ4v) is 3.59. The summed E-state index contributed by atoms with van der Waals surface area (Å²) in [5.41, 5.74) is 1.16. The first-order chi connectivity index (χ1) is 12.3. The van der Waals surface area contributed by atoms with Crippen LogP contribution in [0.1, 0.15) is 11.5 Å². The molecular weight excluding hydrogens is 381 g/mol. The predicted octanol–water partition coefficient (Wildman–Crippen LogP) is 3.49. The highest BCUT2D eigenvalue weighted by Crippen LogP contribution is 2.21. The minimum absolute atomic E-state index is 0.0723. The normalized spacial score (nSPS) is 11.8. The van der Waals surface area contributed by atoms with Gasteiger partial charge in [-0.2, -0.15) is 9.29 Å². The lowest BCUT2D eigenvalue weighted by Gasteiger charge is -2.15. The SMILES string of the molecule is CN(Cc1nc(-c2cccc(Cl)c2)no1)S(=O)(=O)Cc1ccc(F)cc1. The zero-order chi connectivity index (χ0) is 18.7. The first kappa shape index (κ1) is 18.5. The fraction of sp³-hybridized carbons (Fsp3) is 0.176. The Kier molecular flexibility index (Phi) is 5.36. The van der Waals surface area contributed by atoms with Crippen molar-refractivity contribution < 1.29 is 17.3 Å². The number of rotatable bonds is 6. The quantitative estimate of drug-likeness (QED) is 0.638. The molecule has 0 radical (unpaired) electrons. The van der Waals surface area contributed by atoms with Crippen molar-refractivity contribution in [3.8, 4) is 11.4 Å². The molecule has 3 aromatic rings. The van der Waals surface area contributed by atoms with Crippen LogP contribution in [0.3, 0.4) is 0 Å². The molecule has 0 N–H and O–H groups in total. The Hall–Kier alpha value is -2.29. The van der Waals surface area contributed by atoms with Gasteiger partial charge in [0.25, 0.3) is 0 Å². The predicted molar refractivity (Wildman–Crippen MR) is 95.2 cm³/mol. The molecule has 1 heterocycles. The molecule has 3 rings (SSSR count). The van der Waals surface area contributed by atoms with E-state index in [4.69, 9.17) is 16.1 Å². The molecule has 0 saturated heterocycles. The van der Waals surface area contributed by atoms with Crippen molar-refractivity contribution in [1.82, 2.24) is 14.4 Å². The fourth-order valence-electron chi connectivity index (χ4n) is 2.25. The highest BCUT2D eigenvalue weighted by molar-refractivity contribution is 7.88. The van der Waals surface area contributed by atoms with Crippen molar-refractivity contribution in [2.45, 2.75) is 12.3 Å². The van der Waals surface area contributed by atoms with Crippen molar-refractivity contribution in [2.75, 3.05) is 7.05 Å². The van der Waals surface area contributed by atoms with E-state index in [-0.39, 0.29) is 18.2 Å². The van der Waals surface area contributed by atoms with Crippen LogP contribution in [0.2, 0.25) is 5.02 Å². The lowest BCUT2D eigenvalue weighted by Crippen LogP contribution is -2.27. The van der Waals surface area contributed by atoms with Gasteiger partial charge in [-0.3, -0.25) is 0 Å². The van der Waals surface area contributed by atoms with E-state index in [2.05, 4.69) is 10.1 Å². The summed E-state index contributed by atoms with van der Waals surface area (Å²) in [5.74, 6) is -0.185. The number of hydrogen-bond acceptors (Lipinski definition) is 5. The van der Waals surface area contributed by atoms with Gasteiger partial charge in [0.1, 0.15) is 5.82 Å². The third-order valence-corrected chi connectivity index (χ3v) is 5.66. The summed E-state index contributed by atoms with van der Waals surface area (Å²) in [6.07, 6.45) is 0. The lowest BCUT2D eigenvalue weighted by atomic mass is 10.2. The van der Waals surface area contributed by atoms with Crippen LogP contribution in [-0.4, -0.2) is 29.9 Å². The molecule has 6 nitrogen and oxygen atoms in total. The van der Waals surface area contributed by atoms with E-state index in [9.17, 15) is 12.8 Å². The summed E-state index contributed by atoms with van der Waals surface area (Å²) in [6, 6.07) is 12.3. The highest BCUT2D eigenvalue weighted by atomic mass is 35.5. The van der Waals surface area contributed by atoms with Gasteiger partial charge in [0.2, 0.25) is 21.7 Å². The first-order valence-electron chi connectivity index (χ1n) is 7.60. The third-order valence-electron chi connectivity index (χ3n) is 3.65. The van der Waals surface area contributed by atoms with Gasteiger partial charge in [0, 0.05) is 17.6 Å². The van der Waals surface area contributed by atoms with Gasteiger partial charge in [-0.15, -0.1) is 0 Å². The standard InChI is InChI=1S/C17H15ClFN3O3S/c1-22(26(23,24)11-12-5-7-15(19)8-6-12)10-16-20-17(21-25-16)13-3-2-4-14(18)9-13/h2-9H,10-11H2,1H3. The van der Waals surface area contributed by atoms with Gasteiger partial charge in [0.05, 0.1) is 12.3 Å². The highest BCUT2D eigenvalue weighted by Gasteiger charge is 2.21. The van der Waals surface area contributed by atoms with Crippen molar-refractivity contribution in [1.29, 1.82) is 0 Å². The van der Waals surface area contributed by atoms with Gasteiger partial charge in [-0.05, 0) is 29.8 Å². The zero-order valence-corrected chi connectivity index (χ0v) is 15.3. The molecule has 0 aliphatic rings. The smallest absolute Gasteiger partial charge is 0.242 e. The van der Waals surface area contributed by atoms with Crippen LogP contribution in [0.5, 0.6) is 0 Å². The number of halogens is 2. The molecule has 9 heteroatoms. The molecular formula is C17H15ClFN3O3S. The maximum absolute atomic E-state index is 12.9. The molecule has 0 aliphatic heterocycles. The third kappa shape index (κ3) is 4.46. The number of nitrogens with zero attached hydrogens (tertiary/aromatic N) is 3. The van der Waals surface area contributed by atoms with Crippen LogP contribution in [0.15, 0.2) is 53.1 Å². The van der Waals surface area contributed by atoms with E-state index in [1.54, 1.807) is 24.3 Å². The summed E-state index contributed by atoms with van der Waals surface area (Å²) >= 11 is 5.94. The van der Waals surface area contributed by atoms with Crippen LogP contribution in [0, 0.1) is 5.82 Å². The van der Waals surface area contributed by atoms with Crippen LogP contribution in [0.25, 0.3) is 11.4 Å². The molecule has 0 bridgehead atoms. The molecule has 0 amide bonds. The minimum atomic E-state index is -3.62. The van der Waals surface area contributed by atoms with Gasteiger partial charge in [0.15, 0.2) is 0 Å². The number of sulfonamides is 1. The zero-order valence-electron chi connectivity index (χ0n) is 13.8. The molecule has 0 spiro atoms. The molecule has 2 aromatic carbocycles. The Labute approximate surface area is 155 Å². The number of hydrogen-bond donors (Lipinski definition) is 0. The molecule has 136 valence electrons. The summed E-state index contributed by atoms with van der Waals surface area (Å²) in [6.45, 7) is -0.0723. The Balaban J connectivity index is 1.71. The summed E-state index contributed by atoms with van der Waals surface area (Å²) in [5, 5.41) is 4.38. The van der Waals surface area contributed by atoms with E-state index in [1.807, 2.05) is 0 Å². The number of benzene rings is 2. The number of aromatic nitrogens is 2. The van der Waals surface area contributed by atoms with Gasteiger partial charge >= 0.3 is 0 Å².